The van der Waals surface area contributed by atoms with E-state index in [0.717, 1.165) is 16.9 Å². The van der Waals surface area contributed by atoms with Crippen molar-refractivity contribution in [3.63, 3.8) is 0 Å². The molecule has 2 aromatic rings. The Bertz CT molecular complexity index is 733. The zero-order valence-corrected chi connectivity index (χ0v) is 13.6. The highest BCUT2D eigenvalue weighted by atomic mass is 35.5. The van der Waals surface area contributed by atoms with Crippen LogP contribution in [0.1, 0.15) is 12.1 Å². The van der Waals surface area contributed by atoms with Gasteiger partial charge in [-0.3, -0.25) is 4.79 Å². The van der Waals surface area contributed by atoms with E-state index in [2.05, 4.69) is 15.7 Å². The highest BCUT2D eigenvalue weighted by molar-refractivity contribution is 5.95. The normalized spacial score (nSPS) is 20.2. The fourth-order valence-corrected chi connectivity index (χ4v) is 2.56. The minimum atomic E-state index is -4.50. The fourth-order valence-electron chi connectivity index (χ4n) is 2.56. The molecule has 1 aromatic carbocycles. The van der Waals surface area contributed by atoms with Gasteiger partial charge < -0.3 is 15.7 Å². The Morgan fingerprint density at radius 1 is 1.28 bits per heavy atom. The van der Waals surface area contributed by atoms with Gasteiger partial charge in [-0.2, -0.15) is 18.3 Å². The monoisotopic (exact) mass is 376 g/mol. The van der Waals surface area contributed by atoms with Crippen LogP contribution in [0.3, 0.4) is 0 Å². The van der Waals surface area contributed by atoms with Crippen molar-refractivity contribution in [2.75, 3.05) is 11.9 Å². The Hall–Kier alpha value is -2.10. The minimum Gasteiger partial charge on any atom is -0.392 e. The first-order chi connectivity index (χ1) is 11.3. The van der Waals surface area contributed by atoms with Gasteiger partial charge in [0.2, 0.25) is 5.91 Å². The second-order valence-electron chi connectivity index (χ2n) is 5.51. The van der Waals surface area contributed by atoms with E-state index in [9.17, 15) is 23.1 Å². The second-order valence-corrected chi connectivity index (χ2v) is 5.51. The molecule has 0 radical (unpaired) electrons. The molecule has 10 heteroatoms. The largest absolute Gasteiger partial charge is 0.433 e. The van der Waals surface area contributed by atoms with E-state index in [-0.39, 0.29) is 24.0 Å². The molecule has 2 heterocycles. The number of nitrogens with zero attached hydrogens (tertiary/aromatic N) is 2. The van der Waals surface area contributed by atoms with Gasteiger partial charge in [-0.25, -0.2) is 4.68 Å². The number of aliphatic hydroxyl groups excluding tert-OH is 1. The molecule has 1 fully saturated rings. The number of nitrogens with one attached hydrogen (secondary N) is 2. The number of aromatic nitrogens is 2. The SMILES string of the molecule is Cl.O=C(Nc1ccc(-n2nccc2C(F)(F)F)cc1)[C@H]1C[C@H](O)CN1. The number of aliphatic hydroxyl groups is 1. The molecule has 0 bridgehead atoms. The number of halogens is 4. The van der Waals surface area contributed by atoms with Crippen LogP contribution in [0.5, 0.6) is 0 Å². The van der Waals surface area contributed by atoms with Crippen LogP contribution in [-0.2, 0) is 11.0 Å². The lowest BCUT2D eigenvalue weighted by Crippen LogP contribution is -2.35. The highest BCUT2D eigenvalue weighted by Gasteiger charge is 2.35. The number of rotatable bonds is 3. The topological polar surface area (TPSA) is 79.2 Å². The number of hydrogen-bond donors (Lipinski definition) is 3. The van der Waals surface area contributed by atoms with Crippen LogP contribution < -0.4 is 10.6 Å². The van der Waals surface area contributed by atoms with Crippen molar-refractivity contribution >= 4 is 24.0 Å². The van der Waals surface area contributed by atoms with Gasteiger partial charge in [0.25, 0.3) is 0 Å². The van der Waals surface area contributed by atoms with Gasteiger partial charge >= 0.3 is 6.18 Å². The third-order valence-corrected chi connectivity index (χ3v) is 3.74. The predicted octanol–water partition coefficient (Wildman–Crippen LogP) is 1.97. The predicted molar refractivity (Wildman–Crippen MR) is 86.9 cm³/mol. The van der Waals surface area contributed by atoms with Gasteiger partial charge in [-0.05, 0) is 36.8 Å². The lowest BCUT2D eigenvalue weighted by molar-refractivity contribution is -0.142. The van der Waals surface area contributed by atoms with Crippen LogP contribution in [0.2, 0.25) is 0 Å². The number of carbonyl (C=O) groups is 1. The van der Waals surface area contributed by atoms with E-state index in [0.29, 0.717) is 18.7 Å². The molecule has 25 heavy (non-hydrogen) atoms. The molecule has 1 aliphatic heterocycles. The molecular formula is C15H16ClF3N4O2. The number of hydrogen-bond acceptors (Lipinski definition) is 4. The van der Waals surface area contributed by atoms with Gasteiger partial charge in [-0.1, -0.05) is 0 Å². The molecule has 1 aromatic heterocycles. The number of amides is 1. The first-order valence-corrected chi connectivity index (χ1v) is 7.28. The molecule has 0 saturated carbocycles. The summed E-state index contributed by atoms with van der Waals surface area (Å²) in [4.78, 5) is 12.0. The first kappa shape index (κ1) is 19.2. The third kappa shape index (κ3) is 4.30. The summed E-state index contributed by atoms with van der Waals surface area (Å²) in [6.45, 7) is 0.358. The van der Waals surface area contributed by atoms with Gasteiger partial charge in [0.1, 0.15) is 5.69 Å². The number of β-amino-alcohol motifs (C(OH)–C–C–N with tert-alkyl or cyclic N) is 1. The summed E-state index contributed by atoms with van der Waals surface area (Å²) < 4.78 is 39.4. The third-order valence-electron chi connectivity index (χ3n) is 3.74. The van der Waals surface area contributed by atoms with Crippen LogP contribution in [0.15, 0.2) is 36.5 Å². The van der Waals surface area contributed by atoms with E-state index in [1.807, 2.05) is 0 Å². The maximum atomic E-state index is 12.9. The fraction of sp³-hybridized carbons (Fsp3) is 0.333. The molecular weight excluding hydrogens is 361 g/mol. The molecule has 0 spiro atoms. The zero-order chi connectivity index (χ0) is 17.3. The quantitative estimate of drug-likeness (QED) is 0.765. The van der Waals surface area contributed by atoms with E-state index >= 15 is 0 Å². The van der Waals surface area contributed by atoms with Crippen molar-refractivity contribution in [2.45, 2.75) is 24.7 Å². The summed E-state index contributed by atoms with van der Waals surface area (Å²) in [7, 11) is 0. The maximum absolute atomic E-state index is 12.9. The molecule has 1 aliphatic rings. The van der Waals surface area contributed by atoms with Crippen LogP contribution in [0.4, 0.5) is 18.9 Å². The minimum absolute atomic E-state index is 0. The Morgan fingerprint density at radius 3 is 2.52 bits per heavy atom. The van der Waals surface area contributed by atoms with E-state index in [4.69, 9.17) is 0 Å². The number of carbonyl (C=O) groups excluding carboxylic acids is 1. The lowest BCUT2D eigenvalue weighted by Gasteiger charge is -2.13. The number of anilines is 1. The van der Waals surface area contributed by atoms with Crippen molar-refractivity contribution in [3.05, 3.63) is 42.2 Å². The first-order valence-electron chi connectivity index (χ1n) is 7.28. The van der Waals surface area contributed by atoms with Crippen molar-refractivity contribution in [2.24, 2.45) is 0 Å². The van der Waals surface area contributed by atoms with Gasteiger partial charge in [0, 0.05) is 12.2 Å². The zero-order valence-electron chi connectivity index (χ0n) is 12.8. The summed E-state index contributed by atoms with van der Waals surface area (Å²) in [5.41, 5.74) is -0.184. The number of benzene rings is 1. The average Bonchev–Trinajstić information content (AvgIpc) is 3.16. The van der Waals surface area contributed by atoms with Crippen molar-refractivity contribution in [1.29, 1.82) is 0 Å². The standard InChI is InChI=1S/C15H15F3N4O2.ClH/c16-15(17,18)13-5-6-20-22(13)10-3-1-9(2-4-10)21-14(24)12-7-11(23)8-19-12;/h1-6,11-12,19,23H,7-8H2,(H,21,24);1H/t11-,12+;/m0./s1. The molecule has 6 nitrogen and oxygen atoms in total. The molecule has 3 rings (SSSR count). The molecule has 1 amide bonds. The molecule has 0 aliphatic carbocycles. The molecule has 1 saturated heterocycles. The van der Waals surface area contributed by atoms with Gasteiger partial charge in [-0.15, -0.1) is 12.4 Å². The highest BCUT2D eigenvalue weighted by Crippen LogP contribution is 2.30. The molecule has 0 unspecified atom stereocenters. The molecule has 3 N–H and O–H groups in total. The van der Waals surface area contributed by atoms with Crippen LogP contribution in [0.25, 0.3) is 5.69 Å². The summed E-state index contributed by atoms with van der Waals surface area (Å²) in [6.07, 6.45) is -3.65. The smallest absolute Gasteiger partial charge is 0.392 e. The summed E-state index contributed by atoms with van der Waals surface area (Å²) in [5, 5.41) is 18.6. The molecule has 136 valence electrons. The maximum Gasteiger partial charge on any atom is 0.433 e. The van der Waals surface area contributed by atoms with Crippen molar-refractivity contribution in [3.8, 4) is 5.69 Å². The Labute approximate surface area is 147 Å². The lowest BCUT2D eigenvalue weighted by atomic mass is 10.2. The summed E-state index contributed by atoms with van der Waals surface area (Å²) >= 11 is 0. The Morgan fingerprint density at radius 2 is 1.96 bits per heavy atom. The van der Waals surface area contributed by atoms with Crippen molar-refractivity contribution in [1.82, 2.24) is 15.1 Å². The Balaban J connectivity index is 0.00000225. The van der Waals surface area contributed by atoms with E-state index in [1.165, 1.54) is 24.3 Å². The molecule has 2 atom stereocenters. The van der Waals surface area contributed by atoms with Crippen LogP contribution >= 0.6 is 12.4 Å². The van der Waals surface area contributed by atoms with E-state index < -0.39 is 24.0 Å². The summed E-state index contributed by atoms with van der Waals surface area (Å²) in [5.74, 6) is -0.297. The van der Waals surface area contributed by atoms with Gasteiger partial charge in [0.15, 0.2) is 0 Å². The van der Waals surface area contributed by atoms with Crippen molar-refractivity contribution < 1.29 is 23.1 Å². The van der Waals surface area contributed by atoms with E-state index in [1.54, 1.807) is 0 Å². The average molecular weight is 377 g/mol. The van der Waals surface area contributed by atoms with Gasteiger partial charge in [0.05, 0.1) is 24.0 Å². The van der Waals surface area contributed by atoms with Crippen LogP contribution in [-0.4, -0.2) is 39.5 Å². The van der Waals surface area contributed by atoms with Crippen LogP contribution in [0, 0.1) is 0 Å². The summed E-state index contributed by atoms with van der Waals surface area (Å²) in [6, 6.07) is 6.29. The Kier molecular flexibility index (Phi) is 5.71. The number of alkyl halides is 3. The second kappa shape index (κ2) is 7.42.